The van der Waals surface area contributed by atoms with Crippen LogP contribution in [0.1, 0.15) is 24.5 Å². The molecule has 0 aliphatic rings. The van der Waals surface area contributed by atoms with Gasteiger partial charge in [0.1, 0.15) is 5.82 Å². The predicted molar refractivity (Wildman–Crippen MR) is 104 cm³/mol. The lowest BCUT2D eigenvalue weighted by atomic mass is 10.1. The second kappa shape index (κ2) is 12.5. The highest BCUT2D eigenvalue weighted by Crippen LogP contribution is 2.13. The van der Waals surface area contributed by atoms with Crippen molar-refractivity contribution >= 4 is 29.9 Å². The molecule has 0 fully saturated rings. The van der Waals surface area contributed by atoms with Crippen molar-refractivity contribution in [3.8, 4) is 0 Å². The van der Waals surface area contributed by atoms with E-state index in [2.05, 4.69) is 10.3 Å². The smallest absolute Gasteiger partial charge is 0.188 e. The van der Waals surface area contributed by atoms with E-state index in [9.17, 15) is 4.39 Å². The van der Waals surface area contributed by atoms with E-state index in [1.165, 1.54) is 6.07 Å². The molecule has 132 valence electrons. The monoisotopic (exact) mass is 438 g/mol. The van der Waals surface area contributed by atoms with Crippen molar-refractivity contribution in [3.63, 3.8) is 0 Å². The molecule has 5 nitrogen and oxygen atoms in total. The zero-order chi connectivity index (χ0) is 16.4. The quantitative estimate of drug-likeness (QED) is 0.269. The number of guanidine groups is 1. The van der Waals surface area contributed by atoms with Crippen LogP contribution in [0.25, 0.3) is 0 Å². The van der Waals surface area contributed by atoms with Gasteiger partial charge >= 0.3 is 0 Å². The number of nitrogens with two attached hydrogens (primary N) is 1. The number of nitrogens with zero attached hydrogens (tertiary/aromatic N) is 2. The van der Waals surface area contributed by atoms with Crippen molar-refractivity contribution in [1.82, 2.24) is 10.2 Å². The van der Waals surface area contributed by atoms with Crippen LogP contribution in [0.3, 0.4) is 0 Å². The molecule has 0 spiro atoms. The highest BCUT2D eigenvalue weighted by Gasteiger charge is 2.05. The number of benzene rings is 1. The van der Waals surface area contributed by atoms with Crippen molar-refractivity contribution < 1.29 is 9.13 Å². The van der Waals surface area contributed by atoms with Crippen LogP contribution in [-0.4, -0.2) is 44.7 Å². The maximum atomic E-state index is 13.7. The number of hydrogen-bond donors (Lipinski definition) is 2. The standard InChI is InChI=1S/C16H27FN4O.HI/c1-4-22-9-5-8-19-16(18)20-11-13-6-7-15(17)14(10-13)12-21(2)3;/h6-7,10H,4-5,8-9,11-12H2,1-3H3,(H3,18,19,20);1H. The van der Waals surface area contributed by atoms with Crippen LogP contribution in [0, 0.1) is 5.82 Å². The Morgan fingerprint density at radius 3 is 2.78 bits per heavy atom. The molecule has 0 atom stereocenters. The molecule has 0 heterocycles. The van der Waals surface area contributed by atoms with Gasteiger partial charge in [-0.3, -0.25) is 0 Å². The third-order valence-electron chi connectivity index (χ3n) is 3.00. The summed E-state index contributed by atoms with van der Waals surface area (Å²) in [5.74, 6) is 0.207. The number of rotatable bonds is 9. The molecule has 1 aromatic rings. The molecule has 0 aliphatic heterocycles. The molecule has 0 radical (unpaired) electrons. The number of halogens is 2. The Kier molecular flexibility index (Phi) is 12.0. The number of aliphatic imine (C=N–C) groups is 1. The number of nitrogens with one attached hydrogen (secondary N) is 1. The summed E-state index contributed by atoms with van der Waals surface area (Å²) in [6.45, 7) is 5.13. The highest BCUT2D eigenvalue weighted by atomic mass is 127. The predicted octanol–water partition coefficient (Wildman–Crippen LogP) is 2.34. The lowest BCUT2D eigenvalue weighted by Gasteiger charge is -2.11. The molecule has 0 amide bonds. The lowest BCUT2D eigenvalue weighted by molar-refractivity contribution is 0.145. The molecule has 1 rings (SSSR count). The Morgan fingerprint density at radius 2 is 2.13 bits per heavy atom. The van der Waals surface area contributed by atoms with Gasteiger partial charge in [-0.05, 0) is 45.1 Å². The van der Waals surface area contributed by atoms with Gasteiger partial charge in [-0.25, -0.2) is 9.38 Å². The van der Waals surface area contributed by atoms with Crippen LogP contribution in [0.5, 0.6) is 0 Å². The van der Waals surface area contributed by atoms with Gasteiger partial charge in [-0.2, -0.15) is 0 Å². The molecular formula is C16H28FIN4O. The van der Waals surface area contributed by atoms with Crippen LogP contribution in [0.15, 0.2) is 23.2 Å². The minimum atomic E-state index is -0.191. The van der Waals surface area contributed by atoms with Crippen molar-refractivity contribution in [2.75, 3.05) is 33.9 Å². The van der Waals surface area contributed by atoms with E-state index in [1.54, 1.807) is 6.07 Å². The Balaban J connectivity index is 0.00000484. The minimum absolute atomic E-state index is 0. The average molecular weight is 438 g/mol. The second-order valence-corrected chi connectivity index (χ2v) is 5.34. The molecule has 0 aliphatic carbocycles. The zero-order valence-corrected chi connectivity index (χ0v) is 16.5. The van der Waals surface area contributed by atoms with Crippen LogP contribution in [0.2, 0.25) is 0 Å². The molecule has 0 unspecified atom stereocenters. The van der Waals surface area contributed by atoms with Gasteiger partial charge in [0.2, 0.25) is 0 Å². The van der Waals surface area contributed by atoms with Gasteiger partial charge < -0.3 is 20.7 Å². The van der Waals surface area contributed by atoms with Crippen LogP contribution >= 0.6 is 24.0 Å². The van der Waals surface area contributed by atoms with E-state index in [1.807, 2.05) is 32.0 Å². The van der Waals surface area contributed by atoms with E-state index in [4.69, 9.17) is 10.5 Å². The topological polar surface area (TPSA) is 62.9 Å². The van der Waals surface area contributed by atoms with Gasteiger partial charge in [0.05, 0.1) is 6.54 Å². The Hall–Kier alpha value is -0.930. The molecule has 23 heavy (non-hydrogen) atoms. The van der Waals surface area contributed by atoms with E-state index < -0.39 is 0 Å². The summed E-state index contributed by atoms with van der Waals surface area (Å²) in [7, 11) is 3.82. The first-order chi connectivity index (χ1) is 10.5. The Morgan fingerprint density at radius 1 is 1.39 bits per heavy atom. The Labute approximate surface area is 155 Å². The van der Waals surface area contributed by atoms with E-state index >= 15 is 0 Å². The third-order valence-corrected chi connectivity index (χ3v) is 3.00. The SMILES string of the molecule is CCOCCCNC(N)=NCc1ccc(F)c(CN(C)C)c1.I. The van der Waals surface area contributed by atoms with Gasteiger partial charge in [0.25, 0.3) is 0 Å². The molecule has 7 heteroatoms. The largest absolute Gasteiger partial charge is 0.382 e. The summed E-state index contributed by atoms with van der Waals surface area (Å²) >= 11 is 0. The molecule has 0 aromatic heterocycles. The molecule has 0 saturated carbocycles. The summed E-state index contributed by atoms with van der Waals surface area (Å²) in [4.78, 5) is 6.20. The van der Waals surface area contributed by atoms with Crippen LogP contribution in [0.4, 0.5) is 4.39 Å². The third kappa shape index (κ3) is 9.72. The lowest BCUT2D eigenvalue weighted by Crippen LogP contribution is -2.32. The summed E-state index contributed by atoms with van der Waals surface area (Å²) in [6.07, 6.45) is 0.883. The molecule has 0 bridgehead atoms. The molecular weight excluding hydrogens is 410 g/mol. The first kappa shape index (κ1) is 22.1. The Bertz CT molecular complexity index is 483. The fourth-order valence-electron chi connectivity index (χ4n) is 1.96. The summed E-state index contributed by atoms with van der Waals surface area (Å²) in [5, 5.41) is 3.04. The first-order valence-corrected chi connectivity index (χ1v) is 7.56. The number of hydrogen-bond acceptors (Lipinski definition) is 3. The van der Waals surface area contributed by atoms with Crippen molar-refractivity contribution in [2.45, 2.75) is 26.4 Å². The fraction of sp³-hybridized carbons (Fsp3) is 0.562. The minimum Gasteiger partial charge on any atom is -0.382 e. The second-order valence-electron chi connectivity index (χ2n) is 5.34. The van der Waals surface area contributed by atoms with Gasteiger partial charge in [0, 0.05) is 31.9 Å². The maximum Gasteiger partial charge on any atom is 0.188 e. The van der Waals surface area contributed by atoms with Gasteiger partial charge in [-0.1, -0.05) is 6.07 Å². The molecule has 3 N–H and O–H groups in total. The van der Waals surface area contributed by atoms with Gasteiger partial charge in [-0.15, -0.1) is 24.0 Å². The van der Waals surface area contributed by atoms with Crippen molar-refractivity contribution in [2.24, 2.45) is 10.7 Å². The maximum absolute atomic E-state index is 13.7. The van der Waals surface area contributed by atoms with Gasteiger partial charge in [0.15, 0.2) is 5.96 Å². The summed E-state index contributed by atoms with van der Waals surface area (Å²) in [5.41, 5.74) is 7.41. The van der Waals surface area contributed by atoms with Crippen LogP contribution < -0.4 is 11.1 Å². The normalized spacial score (nSPS) is 11.4. The zero-order valence-electron chi connectivity index (χ0n) is 14.1. The van der Waals surface area contributed by atoms with E-state index in [-0.39, 0.29) is 29.8 Å². The van der Waals surface area contributed by atoms with E-state index in [0.29, 0.717) is 31.2 Å². The fourth-order valence-corrected chi connectivity index (χ4v) is 1.96. The first-order valence-electron chi connectivity index (χ1n) is 7.56. The average Bonchev–Trinajstić information content (AvgIpc) is 2.47. The summed E-state index contributed by atoms with van der Waals surface area (Å²) in [6, 6.07) is 5.05. The van der Waals surface area contributed by atoms with E-state index in [0.717, 1.165) is 25.1 Å². The highest BCUT2D eigenvalue weighted by molar-refractivity contribution is 14.0. The summed E-state index contributed by atoms with van der Waals surface area (Å²) < 4.78 is 18.9. The van der Waals surface area contributed by atoms with Crippen LogP contribution in [-0.2, 0) is 17.8 Å². The number of ether oxygens (including phenoxy) is 1. The van der Waals surface area contributed by atoms with Crippen molar-refractivity contribution in [3.05, 3.63) is 35.1 Å². The molecule has 1 aromatic carbocycles. The molecule has 0 saturated heterocycles. The van der Waals surface area contributed by atoms with Crippen molar-refractivity contribution in [1.29, 1.82) is 0 Å².